The first-order chi connectivity index (χ1) is 12.9. The summed E-state index contributed by atoms with van der Waals surface area (Å²) >= 11 is 0. The number of aromatic nitrogens is 2. The number of anilines is 1. The molecule has 0 spiro atoms. The van der Waals surface area contributed by atoms with Gasteiger partial charge in [-0.05, 0) is 56.5 Å². The monoisotopic (exact) mass is 363 g/mol. The van der Waals surface area contributed by atoms with E-state index < -0.39 is 6.10 Å². The molecule has 0 aliphatic carbocycles. The Hall–Kier alpha value is -3.08. The summed E-state index contributed by atoms with van der Waals surface area (Å²) in [6.45, 7) is 8.41. The van der Waals surface area contributed by atoms with E-state index in [1.54, 1.807) is 23.9 Å². The summed E-state index contributed by atoms with van der Waals surface area (Å²) in [5, 5.41) is 7.22. The molecule has 1 aromatic heterocycles. The van der Waals surface area contributed by atoms with E-state index in [0.29, 0.717) is 18.1 Å². The number of hydrogen-bond donors (Lipinski definition) is 1. The molecule has 5 heteroatoms. The Kier molecular flexibility index (Phi) is 5.60. The smallest absolute Gasteiger partial charge is 0.266 e. The number of aryl methyl sites for hydroxylation is 3. The third-order valence-corrected chi connectivity index (χ3v) is 4.30. The summed E-state index contributed by atoms with van der Waals surface area (Å²) < 4.78 is 7.59. The molecule has 140 valence electrons. The number of benzene rings is 2. The van der Waals surface area contributed by atoms with E-state index >= 15 is 0 Å². The van der Waals surface area contributed by atoms with Crippen LogP contribution in [0.25, 0.3) is 0 Å². The number of carbonyl (C=O) groups is 1. The molecule has 1 heterocycles. The number of carbonyl (C=O) groups excluding carboxylic acids is 1. The number of ether oxygens (including phenoxy) is 1. The molecule has 0 fully saturated rings. The van der Waals surface area contributed by atoms with Crippen LogP contribution < -0.4 is 10.1 Å². The van der Waals surface area contributed by atoms with Crippen LogP contribution in [0.3, 0.4) is 0 Å². The molecule has 1 N–H and O–H groups in total. The Morgan fingerprint density at radius 3 is 2.37 bits per heavy atom. The van der Waals surface area contributed by atoms with E-state index in [0.717, 1.165) is 16.7 Å². The van der Waals surface area contributed by atoms with Crippen LogP contribution in [0.5, 0.6) is 5.75 Å². The van der Waals surface area contributed by atoms with Gasteiger partial charge >= 0.3 is 0 Å². The summed E-state index contributed by atoms with van der Waals surface area (Å²) in [4.78, 5) is 12.6. The number of nitrogens with one attached hydrogen (secondary N) is 1. The second kappa shape index (κ2) is 8.08. The lowest BCUT2D eigenvalue weighted by Gasteiger charge is -2.16. The summed E-state index contributed by atoms with van der Waals surface area (Å²) in [6.07, 6.45) is 1.06. The molecular weight excluding hydrogens is 338 g/mol. The molecule has 2 aromatic carbocycles. The molecule has 1 amide bonds. The third-order valence-electron chi connectivity index (χ3n) is 4.30. The minimum absolute atomic E-state index is 0.209. The predicted molar refractivity (Wildman–Crippen MR) is 107 cm³/mol. The van der Waals surface area contributed by atoms with Crippen molar-refractivity contribution in [1.29, 1.82) is 0 Å². The highest BCUT2D eigenvalue weighted by Gasteiger charge is 2.17. The van der Waals surface area contributed by atoms with Gasteiger partial charge in [0.15, 0.2) is 6.10 Å². The first-order valence-corrected chi connectivity index (χ1v) is 9.04. The average Bonchev–Trinajstić information content (AvgIpc) is 3.02. The first-order valence-electron chi connectivity index (χ1n) is 9.04. The molecule has 5 nitrogen and oxygen atoms in total. The maximum atomic E-state index is 12.6. The maximum absolute atomic E-state index is 12.6. The molecule has 27 heavy (non-hydrogen) atoms. The van der Waals surface area contributed by atoms with Gasteiger partial charge in [0.05, 0.1) is 12.7 Å². The quantitative estimate of drug-likeness (QED) is 0.712. The summed E-state index contributed by atoms with van der Waals surface area (Å²) in [7, 11) is 0. The Balaban J connectivity index is 1.65. The molecule has 1 atom stereocenters. The van der Waals surface area contributed by atoms with Crippen LogP contribution in [0, 0.1) is 20.8 Å². The number of nitrogens with zero attached hydrogens (tertiary/aromatic N) is 2. The Morgan fingerprint density at radius 1 is 1.04 bits per heavy atom. The van der Waals surface area contributed by atoms with Crippen LogP contribution in [-0.4, -0.2) is 21.8 Å². The van der Waals surface area contributed by atoms with Gasteiger partial charge in [-0.25, -0.2) is 4.68 Å². The van der Waals surface area contributed by atoms with Crippen molar-refractivity contribution in [2.75, 3.05) is 5.32 Å². The molecule has 0 radical (unpaired) electrons. The largest absolute Gasteiger partial charge is 0.481 e. The molecule has 3 aromatic rings. The lowest BCUT2D eigenvalue weighted by molar-refractivity contribution is -0.122. The van der Waals surface area contributed by atoms with Gasteiger partial charge in [-0.1, -0.05) is 35.9 Å². The van der Waals surface area contributed by atoms with Crippen LogP contribution >= 0.6 is 0 Å². The van der Waals surface area contributed by atoms with Gasteiger partial charge in [0.25, 0.3) is 5.91 Å². The van der Waals surface area contributed by atoms with Gasteiger partial charge in [-0.15, -0.1) is 0 Å². The lowest BCUT2D eigenvalue weighted by atomic mass is 10.1. The van der Waals surface area contributed by atoms with Gasteiger partial charge in [0.2, 0.25) is 0 Å². The van der Waals surface area contributed by atoms with Crippen LogP contribution in [-0.2, 0) is 11.3 Å². The standard InChI is InChI=1S/C22H25N3O2/c1-15-5-7-19(8-6-15)14-25-21(9-10-23-25)24-22(26)18(4)27-20-12-16(2)11-17(3)13-20/h5-13,18H,14H2,1-4H3,(H,24,26)/t18-/m1/s1. The first kappa shape index (κ1) is 18.7. The lowest BCUT2D eigenvalue weighted by Crippen LogP contribution is -2.31. The van der Waals surface area contributed by atoms with Crippen LogP contribution in [0.15, 0.2) is 54.7 Å². The Bertz CT molecular complexity index is 909. The minimum atomic E-state index is -0.617. The van der Waals surface area contributed by atoms with Crippen molar-refractivity contribution in [3.05, 3.63) is 77.0 Å². The van der Waals surface area contributed by atoms with Crippen molar-refractivity contribution in [2.24, 2.45) is 0 Å². The zero-order chi connectivity index (χ0) is 19.4. The van der Waals surface area contributed by atoms with Crippen molar-refractivity contribution in [2.45, 2.75) is 40.3 Å². The Morgan fingerprint density at radius 2 is 1.70 bits per heavy atom. The predicted octanol–water partition coefficient (Wildman–Crippen LogP) is 4.26. The van der Waals surface area contributed by atoms with Gasteiger partial charge < -0.3 is 10.1 Å². The second-order valence-corrected chi connectivity index (χ2v) is 6.93. The molecule has 0 unspecified atom stereocenters. The topological polar surface area (TPSA) is 56.2 Å². The third kappa shape index (κ3) is 4.97. The molecule has 0 aliphatic rings. The number of hydrogen-bond acceptors (Lipinski definition) is 3. The van der Waals surface area contributed by atoms with Crippen molar-refractivity contribution < 1.29 is 9.53 Å². The maximum Gasteiger partial charge on any atom is 0.266 e. The SMILES string of the molecule is Cc1ccc(Cn2nccc2NC(=O)[C@@H](C)Oc2cc(C)cc(C)c2)cc1. The molecule has 0 saturated carbocycles. The van der Waals surface area contributed by atoms with E-state index in [2.05, 4.69) is 47.7 Å². The molecule has 0 bridgehead atoms. The summed E-state index contributed by atoms with van der Waals surface area (Å²) in [5.41, 5.74) is 4.55. The fourth-order valence-electron chi connectivity index (χ4n) is 2.92. The van der Waals surface area contributed by atoms with Crippen LogP contribution in [0.1, 0.15) is 29.2 Å². The van der Waals surface area contributed by atoms with Crippen LogP contribution in [0.4, 0.5) is 5.82 Å². The van der Waals surface area contributed by atoms with Crippen LogP contribution in [0.2, 0.25) is 0 Å². The van der Waals surface area contributed by atoms with Gasteiger partial charge in [-0.3, -0.25) is 4.79 Å². The number of rotatable bonds is 6. The van der Waals surface area contributed by atoms with Crippen molar-refractivity contribution in [3.63, 3.8) is 0 Å². The van der Waals surface area contributed by atoms with Crippen molar-refractivity contribution in [3.8, 4) is 5.75 Å². The molecule has 0 aliphatic heterocycles. The fourth-order valence-corrected chi connectivity index (χ4v) is 2.92. The minimum Gasteiger partial charge on any atom is -0.481 e. The van der Waals surface area contributed by atoms with Gasteiger partial charge in [-0.2, -0.15) is 5.10 Å². The molecule has 3 rings (SSSR count). The summed E-state index contributed by atoms with van der Waals surface area (Å²) in [6, 6.07) is 16.0. The summed E-state index contributed by atoms with van der Waals surface area (Å²) in [5.74, 6) is 1.14. The molecule has 0 saturated heterocycles. The highest BCUT2D eigenvalue weighted by molar-refractivity contribution is 5.93. The van der Waals surface area contributed by atoms with Gasteiger partial charge in [0, 0.05) is 6.07 Å². The zero-order valence-corrected chi connectivity index (χ0v) is 16.2. The van der Waals surface area contributed by atoms with E-state index in [1.165, 1.54) is 5.56 Å². The molecular formula is C22H25N3O2. The van der Waals surface area contributed by atoms with E-state index in [9.17, 15) is 4.79 Å². The van der Waals surface area contributed by atoms with E-state index in [1.807, 2.05) is 26.0 Å². The van der Waals surface area contributed by atoms with E-state index in [-0.39, 0.29) is 5.91 Å². The highest BCUT2D eigenvalue weighted by atomic mass is 16.5. The highest BCUT2D eigenvalue weighted by Crippen LogP contribution is 2.18. The van der Waals surface area contributed by atoms with Gasteiger partial charge in [0.1, 0.15) is 11.6 Å². The van der Waals surface area contributed by atoms with E-state index in [4.69, 9.17) is 4.74 Å². The Labute approximate surface area is 160 Å². The van der Waals surface area contributed by atoms with Crippen molar-refractivity contribution >= 4 is 11.7 Å². The average molecular weight is 363 g/mol. The fraction of sp³-hybridized carbons (Fsp3) is 0.273. The number of amides is 1. The zero-order valence-electron chi connectivity index (χ0n) is 16.2. The van der Waals surface area contributed by atoms with Crippen molar-refractivity contribution in [1.82, 2.24) is 9.78 Å². The second-order valence-electron chi connectivity index (χ2n) is 6.93. The normalized spacial score (nSPS) is 11.9.